The van der Waals surface area contributed by atoms with Gasteiger partial charge in [-0.2, -0.15) is 13.2 Å². The van der Waals surface area contributed by atoms with E-state index in [0.29, 0.717) is 12.0 Å². The molecule has 0 unspecified atom stereocenters. The van der Waals surface area contributed by atoms with Gasteiger partial charge in [0.25, 0.3) is 0 Å². The van der Waals surface area contributed by atoms with Gasteiger partial charge in [-0.3, -0.25) is 9.59 Å². The maximum Gasteiger partial charge on any atom is 0.416 e. The standard InChI is InChI=1S/C23H27F3N2O2/c24-23(25,26)16-5-3-4-15(12-16)18-13-19(18)21(29)28-17-8-6-14(7-9-17)20(28)22(30)27-10-1-2-11-27/h3-5,12,14,17-20H,1-2,6-11,13H2/t14?,17?,18-,19-,20+/m1/s1. The number of piperidine rings is 2. The summed E-state index contributed by atoms with van der Waals surface area (Å²) < 4.78 is 39.2. The van der Waals surface area contributed by atoms with Crippen molar-refractivity contribution >= 4 is 11.8 Å². The molecule has 2 aliphatic carbocycles. The van der Waals surface area contributed by atoms with Crippen LogP contribution in [0.3, 0.4) is 0 Å². The lowest BCUT2D eigenvalue weighted by molar-refractivity contribution is -0.159. The number of rotatable bonds is 3. The lowest BCUT2D eigenvalue weighted by atomic mass is 9.73. The predicted molar refractivity (Wildman–Crippen MR) is 104 cm³/mol. The minimum Gasteiger partial charge on any atom is -0.341 e. The van der Waals surface area contributed by atoms with Crippen molar-refractivity contribution in [2.24, 2.45) is 11.8 Å². The van der Waals surface area contributed by atoms with E-state index in [1.165, 1.54) is 12.1 Å². The van der Waals surface area contributed by atoms with E-state index < -0.39 is 11.7 Å². The quantitative estimate of drug-likeness (QED) is 0.735. The van der Waals surface area contributed by atoms with Gasteiger partial charge in [-0.05, 0) is 68.4 Å². The highest BCUT2D eigenvalue weighted by Crippen LogP contribution is 2.52. The van der Waals surface area contributed by atoms with Crippen LogP contribution >= 0.6 is 0 Å². The van der Waals surface area contributed by atoms with Crippen LogP contribution in [0.15, 0.2) is 24.3 Å². The molecule has 5 aliphatic rings. The molecular weight excluding hydrogens is 393 g/mol. The van der Waals surface area contributed by atoms with Crippen LogP contribution in [0.1, 0.15) is 62.0 Å². The molecule has 1 aromatic rings. The van der Waals surface area contributed by atoms with Crippen LogP contribution in [-0.2, 0) is 15.8 Å². The Morgan fingerprint density at radius 3 is 2.33 bits per heavy atom. The molecule has 3 saturated heterocycles. The molecule has 5 fully saturated rings. The molecule has 2 amide bonds. The summed E-state index contributed by atoms with van der Waals surface area (Å²) in [6.45, 7) is 1.54. The van der Waals surface area contributed by atoms with E-state index in [1.807, 2.05) is 9.80 Å². The number of amides is 2. The maximum atomic E-state index is 13.5. The first-order chi connectivity index (χ1) is 14.3. The number of hydrogen-bond acceptors (Lipinski definition) is 2. The third kappa shape index (κ3) is 3.40. The van der Waals surface area contributed by atoms with Crippen molar-refractivity contribution < 1.29 is 22.8 Å². The molecule has 0 spiro atoms. The smallest absolute Gasteiger partial charge is 0.341 e. The number of hydrogen-bond donors (Lipinski definition) is 0. The maximum absolute atomic E-state index is 13.5. The number of carbonyl (C=O) groups is 2. The average molecular weight is 420 g/mol. The number of benzene rings is 1. The monoisotopic (exact) mass is 420 g/mol. The molecule has 2 saturated carbocycles. The first kappa shape index (κ1) is 19.9. The third-order valence-electron chi connectivity index (χ3n) is 7.56. The Balaban J connectivity index is 1.35. The second-order valence-electron chi connectivity index (χ2n) is 9.36. The number of halogens is 3. The molecular formula is C23H27F3N2O2. The van der Waals surface area contributed by atoms with Crippen LogP contribution in [-0.4, -0.2) is 46.8 Å². The van der Waals surface area contributed by atoms with E-state index in [-0.39, 0.29) is 41.7 Å². The second-order valence-corrected chi connectivity index (χ2v) is 9.36. The molecule has 162 valence electrons. The number of fused-ring (bicyclic) bond motifs is 3. The molecule has 0 aromatic heterocycles. The summed E-state index contributed by atoms with van der Waals surface area (Å²) in [6.07, 6.45) is 2.05. The highest BCUT2D eigenvalue weighted by atomic mass is 19.4. The molecule has 3 atom stereocenters. The predicted octanol–water partition coefficient (Wildman–Crippen LogP) is 4.20. The first-order valence-corrected chi connectivity index (χ1v) is 11.1. The fourth-order valence-electron chi connectivity index (χ4n) is 5.89. The van der Waals surface area contributed by atoms with Gasteiger partial charge in [-0.1, -0.05) is 18.2 Å². The molecule has 30 heavy (non-hydrogen) atoms. The molecule has 0 radical (unpaired) electrons. The zero-order valence-corrected chi connectivity index (χ0v) is 16.9. The Morgan fingerprint density at radius 2 is 1.67 bits per heavy atom. The summed E-state index contributed by atoms with van der Waals surface area (Å²) in [6, 6.07) is 5.07. The topological polar surface area (TPSA) is 40.6 Å². The van der Waals surface area contributed by atoms with Crippen LogP contribution in [0.25, 0.3) is 0 Å². The first-order valence-electron chi connectivity index (χ1n) is 11.1. The van der Waals surface area contributed by atoms with Gasteiger partial charge in [0.1, 0.15) is 6.04 Å². The van der Waals surface area contributed by atoms with Crippen molar-refractivity contribution in [3.05, 3.63) is 35.4 Å². The van der Waals surface area contributed by atoms with E-state index in [2.05, 4.69) is 0 Å². The highest BCUT2D eigenvalue weighted by Gasteiger charge is 2.54. The Bertz CT molecular complexity index is 841. The minimum absolute atomic E-state index is 0.0237. The summed E-state index contributed by atoms with van der Waals surface area (Å²) in [5.41, 5.74) is -0.0926. The molecule has 4 nitrogen and oxygen atoms in total. The highest BCUT2D eigenvalue weighted by molar-refractivity contribution is 5.91. The van der Waals surface area contributed by atoms with Gasteiger partial charge in [-0.15, -0.1) is 0 Å². The zero-order chi connectivity index (χ0) is 21.0. The Hall–Kier alpha value is -2.05. The molecule has 1 aromatic carbocycles. The van der Waals surface area contributed by atoms with Crippen molar-refractivity contribution in [2.75, 3.05) is 13.1 Å². The van der Waals surface area contributed by atoms with Gasteiger partial charge in [0.05, 0.1) is 5.56 Å². The third-order valence-corrected chi connectivity index (χ3v) is 7.56. The molecule has 0 N–H and O–H groups in total. The average Bonchev–Trinajstić information content (AvgIpc) is 3.36. The summed E-state index contributed by atoms with van der Waals surface area (Å²) in [4.78, 5) is 30.5. The van der Waals surface area contributed by atoms with Crippen molar-refractivity contribution in [2.45, 2.75) is 69.1 Å². The minimum atomic E-state index is -4.39. The summed E-state index contributed by atoms with van der Waals surface area (Å²) in [7, 11) is 0. The Kier molecular flexibility index (Phi) is 4.82. The number of likely N-dealkylation sites (tertiary alicyclic amines) is 1. The van der Waals surface area contributed by atoms with Crippen LogP contribution < -0.4 is 0 Å². The zero-order valence-electron chi connectivity index (χ0n) is 16.9. The van der Waals surface area contributed by atoms with Crippen LogP contribution in [0.4, 0.5) is 13.2 Å². The van der Waals surface area contributed by atoms with Crippen LogP contribution in [0.2, 0.25) is 0 Å². The molecule has 3 aliphatic heterocycles. The van der Waals surface area contributed by atoms with E-state index in [4.69, 9.17) is 0 Å². The van der Waals surface area contributed by atoms with Gasteiger partial charge in [-0.25, -0.2) is 0 Å². The lowest BCUT2D eigenvalue weighted by Crippen LogP contribution is -2.63. The van der Waals surface area contributed by atoms with Crippen LogP contribution in [0, 0.1) is 11.8 Å². The fraction of sp³-hybridized carbons (Fsp3) is 0.652. The van der Waals surface area contributed by atoms with Gasteiger partial charge >= 0.3 is 6.18 Å². The lowest BCUT2D eigenvalue weighted by Gasteiger charge is -2.51. The van der Waals surface area contributed by atoms with Gasteiger partial charge in [0.2, 0.25) is 11.8 Å². The summed E-state index contributed by atoms with van der Waals surface area (Å²) in [5, 5.41) is 0. The van der Waals surface area contributed by atoms with E-state index >= 15 is 0 Å². The van der Waals surface area contributed by atoms with E-state index in [0.717, 1.165) is 57.7 Å². The van der Waals surface area contributed by atoms with Crippen molar-refractivity contribution in [1.82, 2.24) is 9.80 Å². The van der Waals surface area contributed by atoms with Gasteiger partial charge in [0.15, 0.2) is 0 Å². The molecule has 3 heterocycles. The Labute approximate surface area is 174 Å². The molecule has 2 bridgehead atoms. The normalized spacial score (nSPS) is 33.1. The van der Waals surface area contributed by atoms with Crippen LogP contribution in [0.5, 0.6) is 0 Å². The van der Waals surface area contributed by atoms with Gasteiger partial charge in [0, 0.05) is 25.0 Å². The molecule has 7 heteroatoms. The van der Waals surface area contributed by atoms with E-state index in [9.17, 15) is 22.8 Å². The summed E-state index contributed by atoms with van der Waals surface area (Å²) in [5.74, 6) is -0.196. The van der Waals surface area contributed by atoms with E-state index in [1.54, 1.807) is 6.07 Å². The number of alkyl halides is 3. The largest absolute Gasteiger partial charge is 0.416 e. The number of nitrogens with zero attached hydrogens (tertiary/aromatic N) is 2. The summed E-state index contributed by atoms with van der Waals surface area (Å²) >= 11 is 0. The second kappa shape index (κ2) is 7.27. The van der Waals surface area contributed by atoms with Crippen molar-refractivity contribution in [3.8, 4) is 0 Å². The Morgan fingerprint density at radius 1 is 0.967 bits per heavy atom. The fourth-order valence-corrected chi connectivity index (χ4v) is 5.89. The van der Waals surface area contributed by atoms with Gasteiger partial charge < -0.3 is 9.80 Å². The number of carbonyl (C=O) groups excluding carboxylic acids is 2. The van der Waals surface area contributed by atoms with Crippen molar-refractivity contribution in [1.29, 1.82) is 0 Å². The molecule has 6 rings (SSSR count). The SMILES string of the molecule is O=C([C@@H]1C2CCC(CC2)N1C(=O)[C@@H]1C[C@@H]1c1cccc(C(F)(F)F)c1)N1CCCC1. The van der Waals surface area contributed by atoms with Crippen molar-refractivity contribution in [3.63, 3.8) is 0 Å².